The smallest absolute Gasteiger partial charge is 0.410 e. The van der Waals surface area contributed by atoms with Crippen molar-refractivity contribution in [1.82, 2.24) is 25.2 Å². The minimum atomic E-state index is -3.90. The number of allylic oxidation sites excluding steroid dienone is 1. The van der Waals surface area contributed by atoms with E-state index < -0.39 is 80.2 Å². The molecule has 14 nitrogen and oxygen atoms in total. The van der Waals surface area contributed by atoms with Gasteiger partial charge >= 0.3 is 12.2 Å². The lowest BCUT2D eigenvalue weighted by Crippen LogP contribution is -2.60. The minimum absolute atomic E-state index is 0.0871. The lowest BCUT2D eigenvalue weighted by Gasteiger charge is -2.35. The highest BCUT2D eigenvalue weighted by Gasteiger charge is 2.62. The summed E-state index contributed by atoms with van der Waals surface area (Å²) < 4.78 is 38.7. The van der Waals surface area contributed by atoms with Crippen LogP contribution < -0.4 is 15.4 Å². The molecule has 3 fully saturated rings. The van der Waals surface area contributed by atoms with Gasteiger partial charge in [0, 0.05) is 18.9 Å². The van der Waals surface area contributed by atoms with Gasteiger partial charge in [0.1, 0.15) is 23.7 Å². The van der Waals surface area contributed by atoms with E-state index in [0.717, 1.165) is 16.7 Å². The van der Waals surface area contributed by atoms with E-state index in [1.165, 1.54) is 11.0 Å². The van der Waals surface area contributed by atoms with Gasteiger partial charge in [-0.3, -0.25) is 24.0 Å². The number of sulfonamides is 1. The fourth-order valence-corrected chi connectivity index (χ4v) is 8.26. The molecule has 5 amide bonds. The Balaban J connectivity index is 1.27. The molecular weight excluding hydrogens is 666 g/mol. The van der Waals surface area contributed by atoms with Crippen LogP contribution in [0.4, 0.5) is 9.59 Å². The van der Waals surface area contributed by atoms with Crippen LogP contribution >= 0.6 is 0 Å². The van der Waals surface area contributed by atoms with Crippen LogP contribution in [-0.4, -0.2) is 90.3 Å². The highest BCUT2D eigenvalue weighted by atomic mass is 32.2. The number of alkyl carbamates (subject to hydrolysis) is 1. The number of carbonyl (C=O) groups excluding carboxylic acids is 5. The van der Waals surface area contributed by atoms with Crippen LogP contribution in [0.2, 0.25) is 0 Å². The maximum atomic E-state index is 14.3. The van der Waals surface area contributed by atoms with E-state index in [0.29, 0.717) is 38.8 Å². The number of hydrogen-bond acceptors (Lipinski definition) is 9. The summed E-state index contributed by atoms with van der Waals surface area (Å²) in [5.41, 5.74) is 0.553. The molecule has 0 unspecified atom stereocenters. The number of rotatable bonds is 6. The molecule has 15 heteroatoms. The Morgan fingerprint density at radius 1 is 1.14 bits per heavy atom. The van der Waals surface area contributed by atoms with Crippen LogP contribution in [0.15, 0.2) is 36.9 Å². The first-order valence-electron chi connectivity index (χ1n) is 17.1. The molecule has 1 aromatic rings. The lowest BCUT2D eigenvalue weighted by atomic mass is 9.85. The highest BCUT2D eigenvalue weighted by molar-refractivity contribution is 7.91. The van der Waals surface area contributed by atoms with Crippen LogP contribution in [0.1, 0.15) is 76.0 Å². The fraction of sp³-hybridized carbons (Fsp3) is 0.571. The normalized spacial score (nSPS) is 28.7. The summed E-state index contributed by atoms with van der Waals surface area (Å²) in [6, 6.07) is 3.51. The van der Waals surface area contributed by atoms with Gasteiger partial charge in [0.2, 0.25) is 21.8 Å². The number of ether oxygens (including phenoxy) is 2. The van der Waals surface area contributed by atoms with Crippen molar-refractivity contribution >= 4 is 46.0 Å². The van der Waals surface area contributed by atoms with Crippen LogP contribution in [-0.2, 0) is 47.0 Å². The van der Waals surface area contributed by atoms with Crippen LogP contribution in [0.25, 0.3) is 6.08 Å². The Morgan fingerprint density at radius 3 is 2.58 bits per heavy atom. The molecule has 0 radical (unpaired) electrons. The molecular formula is C35H45N5O9S. The number of cyclic esters (lactones) is 1. The third-order valence-electron chi connectivity index (χ3n) is 10.1. The number of nitrogens with one attached hydrogen (secondary N) is 3. The van der Waals surface area contributed by atoms with Crippen molar-refractivity contribution in [3.63, 3.8) is 0 Å². The average molecular weight is 712 g/mol. The summed E-state index contributed by atoms with van der Waals surface area (Å²) >= 11 is 0. The third-order valence-corrected chi connectivity index (χ3v) is 11.9. The van der Waals surface area contributed by atoms with E-state index in [9.17, 15) is 32.4 Å². The standard InChI is InChI=1S/C35H45N5O9S/c1-5-23-17-35(23,31(43)38-50(46,47)25-13-14-25)37-29(41)27-16-24-19-40(27)30(42)28(34(2,3)4)36-32(44)48-15-8-6-7-10-21-11-9-12-22-18-39(20-26(21)22)33(45)49-24/h5,7,9-12,23-25,27-28H,1,6,8,13-20H2,2-4H3,(H,36,44)(H,37,41)(H,38,43)/t23-,24-,27+,28-,35-/m1/s1. The summed E-state index contributed by atoms with van der Waals surface area (Å²) in [6.07, 6.45) is 5.28. The van der Waals surface area contributed by atoms with Gasteiger partial charge in [0.15, 0.2) is 0 Å². The van der Waals surface area contributed by atoms with Gasteiger partial charge in [-0.2, -0.15) is 0 Å². The van der Waals surface area contributed by atoms with Crippen molar-refractivity contribution in [2.75, 3.05) is 13.2 Å². The van der Waals surface area contributed by atoms with Crippen molar-refractivity contribution in [1.29, 1.82) is 0 Å². The number of benzene rings is 1. The Kier molecular flexibility index (Phi) is 9.48. The molecule has 3 N–H and O–H groups in total. The summed E-state index contributed by atoms with van der Waals surface area (Å²) in [6.45, 7) is 9.65. The number of carbonyl (C=O) groups is 5. The molecule has 6 rings (SSSR count). The topological polar surface area (TPSA) is 181 Å². The Bertz CT molecular complexity index is 1730. The van der Waals surface area contributed by atoms with Gasteiger partial charge in [0.25, 0.3) is 5.91 Å². The van der Waals surface area contributed by atoms with Crippen molar-refractivity contribution in [2.45, 2.75) is 101 Å². The quantitative estimate of drug-likeness (QED) is 0.374. The van der Waals surface area contributed by atoms with E-state index in [1.54, 1.807) is 25.7 Å². The molecule has 1 saturated heterocycles. The predicted molar refractivity (Wildman–Crippen MR) is 181 cm³/mol. The van der Waals surface area contributed by atoms with E-state index in [-0.39, 0.29) is 26.0 Å². The fourth-order valence-electron chi connectivity index (χ4n) is 6.89. The molecule has 0 aromatic heterocycles. The van der Waals surface area contributed by atoms with Gasteiger partial charge in [-0.05, 0) is 54.2 Å². The predicted octanol–water partition coefficient (Wildman–Crippen LogP) is 2.73. The molecule has 1 aromatic carbocycles. The van der Waals surface area contributed by atoms with Crippen molar-refractivity contribution in [3.05, 3.63) is 53.6 Å². The summed E-state index contributed by atoms with van der Waals surface area (Å²) in [7, 11) is -3.90. The van der Waals surface area contributed by atoms with Gasteiger partial charge < -0.3 is 25.0 Å². The van der Waals surface area contributed by atoms with E-state index in [1.807, 2.05) is 30.4 Å². The zero-order valence-electron chi connectivity index (χ0n) is 28.6. The first-order valence-corrected chi connectivity index (χ1v) is 18.6. The van der Waals surface area contributed by atoms with Gasteiger partial charge in [-0.15, -0.1) is 6.58 Å². The monoisotopic (exact) mass is 711 g/mol. The molecule has 5 atom stereocenters. The van der Waals surface area contributed by atoms with Crippen molar-refractivity contribution < 1.29 is 41.9 Å². The van der Waals surface area contributed by atoms with Gasteiger partial charge in [-0.1, -0.05) is 57.2 Å². The maximum absolute atomic E-state index is 14.3. The van der Waals surface area contributed by atoms with Crippen molar-refractivity contribution in [2.24, 2.45) is 11.3 Å². The summed E-state index contributed by atoms with van der Waals surface area (Å²) in [5, 5.41) is 4.76. The Hall–Kier alpha value is -4.40. The summed E-state index contributed by atoms with van der Waals surface area (Å²) in [5.74, 6) is -2.72. The number of fused-ring (bicyclic) bond motifs is 3. The summed E-state index contributed by atoms with van der Waals surface area (Å²) in [4.78, 5) is 71.1. The zero-order chi connectivity index (χ0) is 36.0. The van der Waals surface area contributed by atoms with Crippen LogP contribution in [0.3, 0.4) is 0 Å². The van der Waals surface area contributed by atoms with Crippen LogP contribution in [0, 0.1) is 11.3 Å². The molecule has 4 bridgehead atoms. The Labute approximate surface area is 292 Å². The second kappa shape index (κ2) is 13.4. The largest absolute Gasteiger partial charge is 0.450 e. The molecule has 3 aliphatic heterocycles. The molecule has 5 aliphatic rings. The molecule has 270 valence electrons. The average Bonchev–Trinajstić information content (AvgIpc) is 3.94. The first-order chi connectivity index (χ1) is 23.6. The van der Waals surface area contributed by atoms with E-state index in [4.69, 9.17) is 9.47 Å². The number of amides is 5. The molecule has 2 aliphatic carbocycles. The minimum Gasteiger partial charge on any atom is -0.450 e. The second-order valence-electron chi connectivity index (χ2n) is 14.9. The number of hydrogen-bond donors (Lipinski definition) is 3. The molecule has 2 saturated carbocycles. The second-order valence-corrected chi connectivity index (χ2v) is 16.9. The van der Waals surface area contributed by atoms with Gasteiger partial charge in [-0.25, -0.2) is 18.0 Å². The SMILES string of the molecule is C=C[C@@H]1C[C@]1(NC(=O)[C@@H]1C[C@@H]2CN1C(=O)[C@H](C(C)(C)C)NC(=O)OCCCC=Cc1cccc3c1CN(C3)C(=O)O2)C(=O)NS(=O)(=O)C1CC1. The van der Waals surface area contributed by atoms with E-state index in [2.05, 4.69) is 21.9 Å². The van der Waals surface area contributed by atoms with Crippen molar-refractivity contribution in [3.8, 4) is 0 Å². The number of nitrogens with zero attached hydrogens (tertiary/aromatic N) is 2. The molecule has 0 spiro atoms. The lowest BCUT2D eigenvalue weighted by molar-refractivity contribution is -0.142. The molecule has 50 heavy (non-hydrogen) atoms. The molecule has 3 heterocycles. The third kappa shape index (κ3) is 7.23. The zero-order valence-corrected chi connectivity index (χ0v) is 29.4. The van der Waals surface area contributed by atoms with E-state index >= 15 is 0 Å². The first kappa shape index (κ1) is 35.4. The Morgan fingerprint density at radius 2 is 1.90 bits per heavy atom. The maximum Gasteiger partial charge on any atom is 0.410 e. The van der Waals surface area contributed by atoms with Gasteiger partial charge in [0.05, 0.1) is 24.9 Å². The van der Waals surface area contributed by atoms with Crippen LogP contribution in [0.5, 0.6) is 0 Å². The highest BCUT2D eigenvalue weighted by Crippen LogP contribution is 2.45.